The molecule has 0 saturated carbocycles. The normalized spacial score (nSPS) is 11.8. The van der Waals surface area contributed by atoms with Crippen molar-refractivity contribution in [3.05, 3.63) is 194 Å². The Morgan fingerprint density at radius 1 is 0.362 bits per heavy atom. The first-order chi connectivity index (χ1) is 28.7. The van der Waals surface area contributed by atoms with Gasteiger partial charge in [-0.15, -0.1) is 11.3 Å². The van der Waals surface area contributed by atoms with Gasteiger partial charge in [-0.2, -0.15) is 9.97 Å². The fourth-order valence-corrected chi connectivity index (χ4v) is 9.92. The number of hydrogen-bond acceptors (Lipinski definition) is 4. The second-order valence-corrected chi connectivity index (χ2v) is 15.9. The average Bonchev–Trinajstić information content (AvgIpc) is 3.85. The maximum absolute atomic E-state index is 5.35. The van der Waals surface area contributed by atoms with Gasteiger partial charge in [0.15, 0.2) is 11.6 Å². The molecule has 270 valence electrons. The molecule has 9 aromatic carbocycles. The number of aromatic nitrogens is 4. The molecule has 58 heavy (non-hydrogen) atoms. The topological polar surface area (TPSA) is 43.6 Å². The van der Waals surface area contributed by atoms with E-state index in [1.54, 1.807) is 0 Å². The van der Waals surface area contributed by atoms with Crippen LogP contribution in [0.2, 0.25) is 0 Å². The van der Waals surface area contributed by atoms with Crippen molar-refractivity contribution in [1.82, 2.24) is 19.5 Å². The van der Waals surface area contributed by atoms with E-state index < -0.39 is 0 Å². The van der Waals surface area contributed by atoms with Gasteiger partial charge < -0.3 is 0 Å². The first-order valence-electron chi connectivity index (χ1n) is 19.5. The Kier molecular flexibility index (Phi) is 7.37. The quantitative estimate of drug-likeness (QED) is 0.176. The molecule has 0 radical (unpaired) electrons. The number of thiophene rings is 1. The van der Waals surface area contributed by atoms with Gasteiger partial charge >= 0.3 is 0 Å². The minimum Gasteiger partial charge on any atom is -0.278 e. The van der Waals surface area contributed by atoms with Crippen LogP contribution >= 0.6 is 11.3 Å². The van der Waals surface area contributed by atoms with E-state index in [0.29, 0.717) is 17.6 Å². The summed E-state index contributed by atoms with van der Waals surface area (Å²) in [6.45, 7) is 0. The van der Waals surface area contributed by atoms with Gasteiger partial charge in [-0.3, -0.25) is 4.57 Å². The second kappa shape index (κ2) is 13.1. The standard InChI is InChI=1S/C53H32N4S/c1-2-13-37-31-39(28-27-33(37)11-1)35-25-23-34(24-26-35)38-14-9-15-40(32-38)51-54-52(56-53(55-51)57-46-20-7-5-17-42(46)43-18-6-8-21-47(43)57)45-19-10-22-48-49(45)44-30-29-36-12-3-4-16-41(36)50(44)58-48/h1-32H. The molecule has 0 N–H and O–H groups in total. The largest absolute Gasteiger partial charge is 0.278 e. The molecule has 3 aromatic heterocycles. The highest BCUT2D eigenvalue weighted by Gasteiger charge is 2.20. The highest BCUT2D eigenvalue weighted by molar-refractivity contribution is 7.26. The zero-order chi connectivity index (χ0) is 38.2. The molecule has 0 unspecified atom stereocenters. The predicted octanol–water partition coefficient (Wildman–Crippen LogP) is 14.3. The summed E-state index contributed by atoms with van der Waals surface area (Å²) < 4.78 is 4.67. The summed E-state index contributed by atoms with van der Waals surface area (Å²) in [6.07, 6.45) is 0. The van der Waals surface area contributed by atoms with Crippen LogP contribution in [0.15, 0.2) is 194 Å². The van der Waals surface area contributed by atoms with Crippen LogP contribution in [0.3, 0.4) is 0 Å². The molecule has 0 amide bonds. The molecule has 4 nitrogen and oxygen atoms in total. The van der Waals surface area contributed by atoms with Crippen molar-refractivity contribution < 1.29 is 0 Å². The van der Waals surface area contributed by atoms with Crippen molar-refractivity contribution in [3.63, 3.8) is 0 Å². The SMILES string of the molecule is c1cc(-c2ccc(-c3ccc4ccccc4c3)cc2)cc(-c2nc(-c3cccc4sc5c6ccccc6ccc5c34)nc(-n3c4ccccc4c4ccccc43)n2)c1. The molecule has 0 aliphatic carbocycles. The molecule has 0 saturated heterocycles. The van der Waals surface area contributed by atoms with Crippen LogP contribution < -0.4 is 0 Å². The van der Waals surface area contributed by atoms with Gasteiger partial charge in [-0.25, -0.2) is 4.98 Å². The number of para-hydroxylation sites is 2. The number of fused-ring (bicyclic) bond motifs is 9. The molecule has 3 heterocycles. The number of hydrogen-bond donors (Lipinski definition) is 0. The number of benzene rings is 9. The van der Waals surface area contributed by atoms with E-state index in [1.807, 2.05) is 11.3 Å². The highest BCUT2D eigenvalue weighted by Crippen LogP contribution is 2.43. The van der Waals surface area contributed by atoms with E-state index in [1.165, 1.54) is 52.8 Å². The van der Waals surface area contributed by atoms with Crippen molar-refractivity contribution in [2.45, 2.75) is 0 Å². The maximum Gasteiger partial charge on any atom is 0.238 e. The van der Waals surface area contributed by atoms with Crippen LogP contribution in [0.5, 0.6) is 0 Å². The fraction of sp³-hybridized carbons (Fsp3) is 0. The molecule has 5 heteroatoms. The summed E-state index contributed by atoms with van der Waals surface area (Å²) >= 11 is 1.83. The van der Waals surface area contributed by atoms with Crippen LogP contribution in [0, 0.1) is 0 Å². The summed E-state index contributed by atoms with van der Waals surface area (Å²) in [7, 11) is 0. The van der Waals surface area contributed by atoms with Gasteiger partial charge in [-0.05, 0) is 74.1 Å². The molecule has 0 atom stereocenters. The summed E-state index contributed by atoms with van der Waals surface area (Å²) in [5.41, 5.74) is 8.64. The molecule has 12 rings (SSSR count). The Labute approximate surface area is 338 Å². The number of rotatable bonds is 5. The predicted molar refractivity (Wildman–Crippen MR) is 244 cm³/mol. The minimum absolute atomic E-state index is 0.588. The third-order valence-electron chi connectivity index (χ3n) is 11.5. The van der Waals surface area contributed by atoms with Crippen LogP contribution in [0.4, 0.5) is 0 Å². The van der Waals surface area contributed by atoms with Crippen molar-refractivity contribution in [2.24, 2.45) is 0 Å². The second-order valence-electron chi connectivity index (χ2n) is 14.8. The van der Waals surface area contributed by atoms with Crippen LogP contribution in [-0.4, -0.2) is 19.5 Å². The lowest BCUT2D eigenvalue weighted by Gasteiger charge is -2.12. The zero-order valence-corrected chi connectivity index (χ0v) is 32.0. The van der Waals surface area contributed by atoms with Crippen molar-refractivity contribution in [2.75, 3.05) is 0 Å². The van der Waals surface area contributed by atoms with E-state index >= 15 is 0 Å². The Morgan fingerprint density at radius 2 is 0.948 bits per heavy atom. The van der Waals surface area contributed by atoms with E-state index in [4.69, 9.17) is 15.0 Å². The van der Waals surface area contributed by atoms with Gasteiger partial charge in [0.2, 0.25) is 5.95 Å². The summed E-state index contributed by atoms with van der Waals surface area (Å²) in [5, 5.41) is 9.69. The van der Waals surface area contributed by atoms with Gasteiger partial charge in [0.25, 0.3) is 0 Å². The van der Waals surface area contributed by atoms with Gasteiger partial charge in [0, 0.05) is 42.1 Å². The van der Waals surface area contributed by atoms with E-state index in [-0.39, 0.29) is 0 Å². The van der Waals surface area contributed by atoms with E-state index in [0.717, 1.165) is 44.1 Å². The van der Waals surface area contributed by atoms with Crippen LogP contribution in [0.25, 0.3) is 115 Å². The molecular formula is C53H32N4S. The first kappa shape index (κ1) is 32.7. The zero-order valence-electron chi connectivity index (χ0n) is 31.2. The van der Waals surface area contributed by atoms with Crippen molar-refractivity contribution in [1.29, 1.82) is 0 Å². The highest BCUT2D eigenvalue weighted by atomic mass is 32.1. The molecular weight excluding hydrogens is 725 g/mol. The first-order valence-corrected chi connectivity index (χ1v) is 20.3. The monoisotopic (exact) mass is 756 g/mol. The average molecular weight is 757 g/mol. The van der Waals surface area contributed by atoms with Gasteiger partial charge in [0.1, 0.15) is 0 Å². The van der Waals surface area contributed by atoms with Crippen LogP contribution in [-0.2, 0) is 0 Å². The Hall–Kier alpha value is -7.47. The van der Waals surface area contributed by atoms with Gasteiger partial charge in [0.05, 0.1) is 11.0 Å². The number of nitrogens with zero attached hydrogens (tertiary/aromatic N) is 4. The molecule has 0 fully saturated rings. The molecule has 12 aromatic rings. The smallest absolute Gasteiger partial charge is 0.238 e. The van der Waals surface area contributed by atoms with E-state index in [2.05, 4.69) is 199 Å². The summed E-state index contributed by atoms with van der Waals surface area (Å²) in [6, 6.07) is 69.2. The Morgan fingerprint density at radius 3 is 1.72 bits per heavy atom. The third-order valence-corrected chi connectivity index (χ3v) is 12.7. The lowest BCUT2D eigenvalue weighted by molar-refractivity contribution is 0.954. The van der Waals surface area contributed by atoms with Gasteiger partial charge in [-0.1, -0.05) is 164 Å². The van der Waals surface area contributed by atoms with Crippen molar-refractivity contribution >= 4 is 74.9 Å². The molecule has 0 aliphatic heterocycles. The lowest BCUT2D eigenvalue weighted by Crippen LogP contribution is -2.06. The van der Waals surface area contributed by atoms with Crippen LogP contribution in [0.1, 0.15) is 0 Å². The van der Waals surface area contributed by atoms with Crippen molar-refractivity contribution in [3.8, 4) is 51.0 Å². The molecule has 0 aliphatic rings. The Bertz CT molecular complexity index is 3530. The van der Waals surface area contributed by atoms with E-state index in [9.17, 15) is 0 Å². The summed E-state index contributed by atoms with van der Waals surface area (Å²) in [5.74, 6) is 1.86. The lowest BCUT2D eigenvalue weighted by atomic mass is 9.97. The Balaban J connectivity index is 1.04. The molecule has 0 spiro atoms. The maximum atomic E-state index is 5.35. The fourth-order valence-electron chi connectivity index (χ4n) is 8.65. The summed E-state index contributed by atoms with van der Waals surface area (Å²) in [4.78, 5) is 16.0. The third kappa shape index (κ3) is 5.25. The molecule has 0 bridgehead atoms. The minimum atomic E-state index is 0.588.